The molecule has 2 aliphatic heterocycles. The van der Waals surface area contributed by atoms with Crippen molar-refractivity contribution in [2.45, 2.75) is 31.7 Å². The number of rotatable bonds is 2. The number of hydrogen-bond donors (Lipinski definition) is 1. The highest BCUT2D eigenvalue weighted by Gasteiger charge is 2.26. The Morgan fingerprint density at radius 2 is 2.05 bits per heavy atom. The number of nitrogens with one attached hydrogen (secondary N) is 1. The van der Waals surface area contributed by atoms with Crippen LogP contribution in [-0.2, 0) is 6.42 Å². The zero-order valence-corrected chi connectivity index (χ0v) is 10.7. The van der Waals surface area contributed by atoms with Gasteiger partial charge in [0.15, 0.2) is 23.1 Å². The standard InChI is InChI=1S/C14H17F2NO2/c15-11-8-12-14(19-6-5-18-12)10(13(11)16)7-9-3-1-2-4-17-9/h8-9,17H,1-7H2. The lowest BCUT2D eigenvalue weighted by Gasteiger charge is -2.26. The molecule has 1 aromatic carbocycles. The van der Waals surface area contributed by atoms with E-state index in [1.165, 1.54) is 0 Å². The second kappa shape index (κ2) is 5.33. The molecule has 0 aromatic heterocycles. The monoisotopic (exact) mass is 269 g/mol. The minimum absolute atomic E-state index is 0.180. The molecule has 0 bridgehead atoms. The van der Waals surface area contributed by atoms with Gasteiger partial charge in [-0.25, -0.2) is 8.78 Å². The maximum atomic E-state index is 14.0. The number of piperidine rings is 1. The summed E-state index contributed by atoms with van der Waals surface area (Å²) in [6, 6.07) is 1.25. The van der Waals surface area contributed by atoms with Crippen LogP contribution in [0, 0.1) is 11.6 Å². The molecule has 5 heteroatoms. The first kappa shape index (κ1) is 12.7. The molecule has 0 spiro atoms. The maximum absolute atomic E-state index is 14.0. The number of hydrogen-bond acceptors (Lipinski definition) is 3. The number of fused-ring (bicyclic) bond motifs is 1. The summed E-state index contributed by atoms with van der Waals surface area (Å²) in [5.41, 5.74) is 0.300. The van der Waals surface area contributed by atoms with E-state index in [9.17, 15) is 8.78 Å². The van der Waals surface area contributed by atoms with Crippen LogP contribution in [0.15, 0.2) is 6.07 Å². The molecule has 1 fully saturated rings. The van der Waals surface area contributed by atoms with Gasteiger partial charge in [0, 0.05) is 17.7 Å². The van der Waals surface area contributed by atoms with Gasteiger partial charge in [-0.15, -0.1) is 0 Å². The average molecular weight is 269 g/mol. The van der Waals surface area contributed by atoms with Crippen molar-refractivity contribution in [3.63, 3.8) is 0 Å². The minimum atomic E-state index is -0.866. The first-order valence-electron chi connectivity index (χ1n) is 6.75. The van der Waals surface area contributed by atoms with E-state index in [4.69, 9.17) is 9.47 Å². The molecule has 1 atom stereocenters. The fourth-order valence-electron chi connectivity index (χ4n) is 2.72. The lowest BCUT2D eigenvalue weighted by Crippen LogP contribution is -2.36. The molecule has 0 amide bonds. The van der Waals surface area contributed by atoms with Crippen LogP contribution < -0.4 is 14.8 Å². The summed E-state index contributed by atoms with van der Waals surface area (Å²) in [7, 11) is 0. The Balaban J connectivity index is 1.91. The fraction of sp³-hybridized carbons (Fsp3) is 0.571. The van der Waals surface area contributed by atoms with Crippen LogP contribution in [-0.4, -0.2) is 25.8 Å². The van der Waals surface area contributed by atoms with Gasteiger partial charge < -0.3 is 14.8 Å². The van der Waals surface area contributed by atoms with Gasteiger partial charge in [-0.2, -0.15) is 0 Å². The smallest absolute Gasteiger partial charge is 0.167 e. The predicted octanol–water partition coefficient (Wildman–Crippen LogP) is 2.42. The van der Waals surface area contributed by atoms with Gasteiger partial charge in [0.2, 0.25) is 0 Å². The summed E-state index contributed by atoms with van der Waals surface area (Å²) in [5.74, 6) is -0.986. The molecule has 1 saturated heterocycles. The Hall–Kier alpha value is -1.36. The molecule has 3 nitrogen and oxygen atoms in total. The SMILES string of the molecule is Fc1cc2c(c(CC3CCCCN3)c1F)OCCO2. The zero-order valence-electron chi connectivity index (χ0n) is 10.7. The molecule has 0 radical (unpaired) electrons. The van der Waals surface area contributed by atoms with Crippen LogP contribution in [0.25, 0.3) is 0 Å². The Kier molecular flexibility index (Phi) is 3.55. The van der Waals surface area contributed by atoms with Crippen molar-refractivity contribution >= 4 is 0 Å². The highest BCUT2D eigenvalue weighted by molar-refractivity contribution is 5.49. The quantitative estimate of drug-likeness (QED) is 0.894. The minimum Gasteiger partial charge on any atom is -0.486 e. The Morgan fingerprint density at radius 3 is 2.84 bits per heavy atom. The molecule has 0 aliphatic carbocycles. The van der Waals surface area contributed by atoms with Crippen LogP contribution in [0.1, 0.15) is 24.8 Å². The molecule has 1 unspecified atom stereocenters. The largest absolute Gasteiger partial charge is 0.486 e. The van der Waals surface area contributed by atoms with Crippen LogP contribution in [0.4, 0.5) is 8.78 Å². The van der Waals surface area contributed by atoms with Crippen molar-refractivity contribution in [1.29, 1.82) is 0 Å². The van der Waals surface area contributed by atoms with Crippen molar-refractivity contribution in [1.82, 2.24) is 5.32 Å². The van der Waals surface area contributed by atoms with E-state index in [1.807, 2.05) is 0 Å². The van der Waals surface area contributed by atoms with E-state index >= 15 is 0 Å². The lowest BCUT2D eigenvalue weighted by atomic mass is 9.96. The zero-order chi connectivity index (χ0) is 13.2. The van der Waals surface area contributed by atoms with Crippen LogP contribution >= 0.6 is 0 Å². The molecule has 19 heavy (non-hydrogen) atoms. The van der Waals surface area contributed by atoms with Crippen molar-refractivity contribution in [3.05, 3.63) is 23.3 Å². The van der Waals surface area contributed by atoms with E-state index in [2.05, 4.69) is 5.32 Å². The van der Waals surface area contributed by atoms with Gasteiger partial charge in [0.05, 0.1) is 0 Å². The molecular weight excluding hydrogens is 252 g/mol. The summed E-state index contributed by atoms with van der Waals surface area (Å²) in [5, 5.41) is 3.34. The highest BCUT2D eigenvalue weighted by atomic mass is 19.2. The highest BCUT2D eigenvalue weighted by Crippen LogP contribution is 2.38. The first-order chi connectivity index (χ1) is 9.25. The third-order valence-electron chi connectivity index (χ3n) is 3.68. The third kappa shape index (κ3) is 2.52. The molecular formula is C14H17F2NO2. The second-order valence-electron chi connectivity index (χ2n) is 5.03. The Bertz CT molecular complexity index is 473. The van der Waals surface area contributed by atoms with Crippen molar-refractivity contribution < 1.29 is 18.3 Å². The van der Waals surface area contributed by atoms with E-state index in [0.29, 0.717) is 36.7 Å². The summed E-state index contributed by atoms with van der Waals surface area (Å²) in [6.45, 7) is 1.68. The Morgan fingerprint density at radius 1 is 1.21 bits per heavy atom. The van der Waals surface area contributed by atoms with Gasteiger partial charge in [-0.1, -0.05) is 6.42 Å². The van der Waals surface area contributed by atoms with Crippen molar-refractivity contribution in [3.8, 4) is 11.5 Å². The molecule has 1 aromatic rings. The summed E-state index contributed by atoms with van der Waals surface area (Å²) >= 11 is 0. The van der Waals surface area contributed by atoms with E-state index in [1.54, 1.807) is 0 Å². The van der Waals surface area contributed by atoms with Crippen LogP contribution in [0.5, 0.6) is 11.5 Å². The predicted molar refractivity (Wildman–Crippen MR) is 66.7 cm³/mol. The van der Waals surface area contributed by atoms with Gasteiger partial charge in [-0.3, -0.25) is 0 Å². The van der Waals surface area contributed by atoms with Gasteiger partial charge in [0.25, 0.3) is 0 Å². The number of halogens is 2. The summed E-state index contributed by atoms with van der Waals surface area (Å²) in [6.07, 6.45) is 3.68. The van der Waals surface area contributed by atoms with Crippen LogP contribution in [0.2, 0.25) is 0 Å². The molecule has 2 heterocycles. The lowest BCUT2D eigenvalue weighted by molar-refractivity contribution is 0.166. The van der Waals surface area contributed by atoms with Crippen molar-refractivity contribution in [2.75, 3.05) is 19.8 Å². The van der Waals surface area contributed by atoms with Gasteiger partial charge in [-0.05, 0) is 25.8 Å². The van der Waals surface area contributed by atoms with E-state index in [0.717, 1.165) is 31.9 Å². The summed E-state index contributed by atoms with van der Waals surface area (Å²) in [4.78, 5) is 0. The Labute approximate surface area is 110 Å². The number of ether oxygens (including phenoxy) is 2. The third-order valence-corrected chi connectivity index (χ3v) is 3.68. The normalized spacial score (nSPS) is 22.3. The van der Waals surface area contributed by atoms with Crippen molar-refractivity contribution in [2.24, 2.45) is 0 Å². The molecule has 3 rings (SSSR count). The van der Waals surface area contributed by atoms with E-state index in [-0.39, 0.29) is 6.04 Å². The van der Waals surface area contributed by atoms with Crippen LogP contribution in [0.3, 0.4) is 0 Å². The van der Waals surface area contributed by atoms with E-state index < -0.39 is 11.6 Å². The second-order valence-corrected chi connectivity index (χ2v) is 5.03. The maximum Gasteiger partial charge on any atom is 0.167 e. The number of benzene rings is 1. The topological polar surface area (TPSA) is 30.5 Å². The molecule has 2 aliphatic rings. The fourth-order valence-corrected chi connectivity index (χ4v) is 2.72. The summed E-state index contributed by atoms with van der Waals surface area (Å²) < 4.78 is 38.4. The molecule has 104 valence electrons. The first-order valence-corrected chi connectivity index (χ1v) is 6.75. The average Bonchev–Trinajstić information content (AvgIpc) is 2.45. The van der Waals surface area contributed by atoms with Gasteiger partial charge >= 0.3 is 0 Å². The molecule has 0 saturated carbocycles. The molecule has 1 N–H and O–H groups in total. The van der Waals surface area contributed by atoms with Gasteiger partial charge in [0.1, 0.15) is 13.2 Å².